The van der Waals surface area contributed by atoms with E-state index in [1.807, 2.05) is 21.1 Å². The van der Waals surface area contributed by atoms with Crippen molar-refractivity contribution in [1.29, 1.82) is 0 Å². The summed E-state index contributed by atoms with van der Waals surface area (Å²) >= 11 is 0. The number of nitrogens with zero attached hydrogens (tertiary/aromatic N) is 1. The summed E-state index contributed by atoms with van der Waals surface area (Å²) in [6.07, 6.45) is 97.0. The van der Waals surface area contributed by atoms with Crippen LogP contribution < -0.4 is 4.89 Å². The number of quaternary nitrogens is 1. The topological polar surface area (TPSA) is 111 Å². The minimum absolute atomic E-state index is 0.0315. The number of ether oxygens (including phenoxy) is 2. The largest absolute Gasteiger partial charge is 0.756 e. The molecule has 0 fully saturated rings. The fraction of sp³-hybridized carbons (Fsp3) is 0.800. The number of carbonyl (C=O) groups excluding carboxylic acids is 2. The highest BCUT2D eigenvalue weighted by atomic mass is 31.2. The first-order valence-corrected chi connectivity index (χ1v) is 39.8. The molecule has 10 heteroatoms. The van der Waals surface area contributed by atoms with Crippen LogP contribution in [0.1, 0.15) is 361 Å². The summed E-state index contributed by atoms with van der Waals surface area (Å²) in [5.41, 5.74) is 0. The van der Waals surface area contributed by atoms with E-state index in [4.69, 9.17) is 18.5 Å². The standard InChI is InChI=1S/C80H146NO8P/c1-6-8-10-12-14-16-18-20-22-24-26-28-30-32-33-34-35-36-37-38-39-40-41-42-43-44-45-46-47-49-51-53-55-57-59-61-63-65-67-69-71-73-80(83)89-78(77-88-90(84,85)87-75-74-81(3,4)5)76-86-79(82)72-70-68-66-64-62-60-58-56-54-52-50-48-31-29-27-25-23-21-19-17-15-13-11-9-7-2/h8,10,14,16,19-22,25-28,31,48,78H,6-7,9,11-13,15,17-18,23-24,29-30,32-47,49-77H2,1-5H3/b10-8-,16-14-,21-19-,22-20-,27-25-,28-26-,48-31-. The van der Waals surface area contributed by atoms with Crippen LogP contribution >= 0.6 is 7.82 Å². The number of hydrogen-bond donors (Lipinski definition) is 0. The minimum atomic E-state index is -4.65. The van der Waals surface area contributed by atoms with Crippen molar-refractivity contribution in [2.75, 3.05) is 47.5 Å². The van der Waals surface area contributed by atoms with Gasteiger partial charge in [0.25, 0.3) is 7.82 Å². The summed E-state index contributed by atoms with van der Waals surface area (Å²) in [4.78, 5) is 38.1. The molecule has 0 aromatic carbocycles. The van der Waals surface area contributed by atoms with Crippen molar-refractivity contribution < 1.29 is 42.1 Å². The van der Waals surface area contributed by atoms with Gasteiger partial charge in [0.1, 0.15) is 19.8 Å². The van der Waals surface area contributed by atoms with Crippen molar-refractivity contribution in [3.8, 4) is 0 Å². The molecule has 0 aromatic heterocycles. The van der Waals surface area contributed by atoms with Gasteiger partial charge in [0.15, 0.2) is 6.10 Å². The van der Waals surface area contributed by atoms with Gasteiger partial charge < -0.3 is 27.9 Å². The first-order chi connectivity index (χ1) is 44.0. The van der Waals surface area contributed by atoms with Crippen LogP contribution in [0.3, 0.4) is 0 Å². The van der Waals surface area contributed by atoms with E-state index in [9.17, 15) is 19.0 Å². The molecule has 0 aromatic rings. The van der Waals surface area contributed by atoms with Gasteiger partial charge in [0.05, 0.1) is 27.7 Å². The van der Waals surface area contributed by atoms with Crippen LogP contribution in [-0.4, -0.2) is 70.0 Å². The van der Waals surface area contributed by atoms with Crippen LogP contribution in [-0.2, 0) is 32.7 Å². The molecule has 0 N–H and O–H groups in total. The second-order valence-corrected chi connectivity index (χ2v) is 28.4. The molecular formula is C80H146NO8P. The Morgan fingerprint density at radius 3 is 0.944 bits per heavy atom. The lowest BCUT2D eigenvalue weighted by atomic mass is 10.0. The predicted molar refractivity (Wildman–Crippen MR) is 388 cm³/mol. The van der Waals surface area contributed by atoms with Crippen molar-refractivity contribution in [3.05, 3.63) is 85.1 Å². The van der Waals surface area contributed by atoms with Crippen molar-refractivity contribution in [1.82, 2.24) is 0 Å². The Labute approximate surface area is 558 Å². The fourth-order valence-corrected chi connectivity index (χ4v) is 11.8. The Kier molecular flexibility index (Phi) is 68.3. The van der Waals surface area contributed by atoms with Gasteiger partial charge >= 0.3 is 11.9 Å². The summed E-state index contributed by atoms with van der Waals surface area (Å²) < 4.78 is 34.4. The molecule has 0 heterocycles. The molecule has 524 valence electrons. The molecule has 0 aliphatic rings. The van der Waals surface area contributed by atoms with E-state index >= 15 is 0 Å². The Morgan fingerprint density at radius 2 is 0.633 bits per heavy atom. The summed E-state index contributed by atoms with van der Waals surface area (Å²) in [7, 11) is 1.18. The average molecular weight is 1280 g/mol. The quantitative estimate of drug-likeness (QED) is 0.0195. The monoisotopic (exact) mass is 1280 g/mol. The molecule has 0 rings (SSSR count). The van der Waals surface area contributed by atoms with E-state index in [0.717, 1.165) is 70.6 Å². The maximum absolute atomic E-state index is 12.9. The van der Waals surface area contributed by atoms with Crippen LogP contribution in [0, 0.1) is 0 Å². The molecule has 9 nitrogen and oxygen atoms in total. The van der Waals surface area contributed by atoms with Gasteiger partial charge in [-0.15, -0.1) is 0 Å². The molecule has 0 amide bonds. The zero-order chi connectivity index (χ0) is 65.5. The number of phosphoric ester groups is 1. The number of allylic oxidation sites excluding steroid dienone is 14. The van der Waals surface area contributed by atoms with Crippen molar-refractivity contribution >= 4 is 19.8 Å². The van der Waals surface area contributed by atoms with Gasteiger partial charge in [-0.05, 0) is 89.9 Å². The summed E-state index contributed by atoms with van der Waals surface area (Å²) in [6, 6.07) is 0. The number of esters is 2. The first kappa shape index (κ1) is 87.2. The van der Waals surface area contributed by atoms with E-state index in [1.165, 1.54) is 257 Å². The molecule has 0 saturated heterocycles. The fourth-order valence-electron chi connectivity index (χ4n) is 11.1. The zero-order valence-electron chi connectivity index (χ0n) is 59.8. The summed E-state index contributed by atoms with van der Waals surface area (Å²) in [5, 5.41) is 0. The molecule has 0 radical (unpaired) electrons. The minimum Gasteiger partial charge on any atom is -0.756 e. The maximum atomic E-state index is 12.9. The molecule has 0 aliphatic heterocycles. The van der Waals surface area contributed by atoms with E-state index in [2.05, 4.69) is 98.9 Å². The Bertz CT molecular complexity index is 1800. The first-order valence-electron chi connectivity index (χ1n) is 38.3. The van der Waals surface area contributed by atoms with Crippen LogP contribution in [0.25, 0.3) is 0 Å². The smallest absolute Gasteiger partial charge is 0.306 e. The Morgan fingerprint density at radius 1 is 0.356 bits per heavy atom. The van der Waals surface area contributed by atoms with Gasteiger partial charge in [0, 0.05) is 12.8 Å². The number of phosphoric acid groups is 1. The highest BCUT2D eigenvalue weighted by Gasteiger charge is 2.22. The molecule has 90 heavy (non-hydrogen) atoms. The summed E-state index contributed by atoms with van der Waals surface area (Å²) in [5.74, 6) is -0.823. The van der Waals surface area contributed by atoms with E-state index < -0.39 is 26.5 Å². The van der Waals surface area contributed by atoms with Crippen molar-refractivity contribution in [3.63, 3.8) is 0 Å². The Balaban J connectivity index is 3.92. The van der Waals surface area contributed by atoms with Gasteiger partial charge in [-0.2, -0.15) is 0 Å². The van der Waals surface area contributed by atoms with E-state index in [0.29, 0.717) is 17.4 Å². The molecular weight excluding hydrogens is 1130 g/mol. The van der Waals surface area contributed by atoms with Crippen LogP contribution in [0.4, 0.5) is 0 Å². The lowest BCUT2D eigenvalue weighted by Gasteiger charge is -2.28. The lowest BCUT2D eigenvalue weighted by Crippen LogP contribution is -2.37. The normalized spacial score (nSPS) is 13.5. The third-order valence-corrected chi connectivity index (χ3v) is 17.9. The lowest BCUT2D eigenvalue weighted by molar-refractivity contribution is -0.870. The van der Waals surface area contributed by atoms with Crippen molar-refractivity contribution in [2.45, 2.75) is 367 Å². The molecule has 0 aliphatic carbocycles. The zero-order valence-corrected chi connectivity index (χ0v) is 60.7. The predicted octanol–water partition coefficient (Wildman–Crippen LogP) is 24.6. The second-order valence-electron chi connectivity index (χ2n) is 27.0. The SMILES string of the molecule is CC/C=C\C/C=C\C/C=C\C/C=C\CCCCCCCCCCCCCCCCCCCCCCCCCCCCCCC(=O)OC(COC(=O)CCCCCCCCCCCC/C=C\C/C=C\C/C=C\CCCCCCC)COP(=O)([O-])OCC[N+](C)(C)C. The van der Waals surface area contributed by atoms with Gasteiger partial charge in [0.2, 0.25) is 0 Å². The van der Waals surface area contributed by atoms with Gasteiger partial charge in [-0.1, -0.05) is 343 Å². The molecule has 2 unspecified atom stereocenters. The van der Waals surface area contributed by atoms with Crippen LogP contribution in [0.15, 0.2) is 85.1 Å². The van der Waals surface area contributed by atoms with E-state index in [-0.39, 0.29) is 32.0 Å². The number of unbranched alkanes of at least 4 members (excludes halogenated alkanes) is 43. The van der Waals surface area contributed by atoms with Gasteiger partial charge in [-0.25, -0.2) is 0 Å². The third-order valence-electron chi connectivity index (χ3n) is 16.9. The number of hydrogen-bond acceptors (Lipinski definition) is 8. The summed E-state index contributed by atoms with van der Waals surface area (Å²) in [6.45, 7) is 4.16. The van der Waals surface area contributed by atoms with Crippen LogP contribution in [0.2, 0.25) is 0 Å². The molecule has 0 spiro atoms. The number of likely N-dealkylation sites (N-methyl/N-ethyl adjacent to an activating group) is 1. The Hall–Kier alpha value is -2.81. The molecule has 0 saturated carbocycles. The van der Waals surface area contributed by atoms with Crippen molar-refractivity contribution in [2.24, 2.45) is 0 Å². The van der Waals surface area contributed by atoms with Gasteiger partial charge in [-0.3, -0.25) is 14.2 Å². The van der Waals surface area contributed by atoms with Crippen LogP contribution in [0.5, 0.6) is 0 Å². The highest BCUT2D eigenvalue weighted by Crippen LogP contribution is 2.38. The molecule has 0 bridgehead atoms. The average Bonchev–Trinajstić information content (AvgIpc) is 3.62. The maximum Gasteiger partial charge on any atom is 0.306 e. The second kappa shape index (κ2) is 70.5. The van der Waals surface area contributed by atoms with E-state index in [1.54, 1.807) is 0 Å². The number of carbonyl (C=O) groups is 2. The highest BCUT2D eigenvalue weighted by molar-refractivity contribution is 7.45. The number of rotatable bonds is 71. The molecule has 2 atom stereocenters. The third kappa shape index (κ3) is 74.2.